The topological polar surface area (TPSA) is 28.2 Å². The van der Waals surface area contributed by atoms with E-state index in [1.165, 1.54) is 42.4 Å². The summed E-state index contributed by atoms with van der Waals surface area (Å²) in [4.78, 5) is 8.40. The van der Waals surface area contributed by atoms with Crippen molar-refractivity contribution in [3.05, 3.63) is 11.1 Å². The summed E-state index contributed by atoms with van der Waals surface area (Å²) >= 11 is 1.84. The summed E-state index contributed by atoms with van der Waals surface area (Å²) in [5.41, 5.74) is 0. The fourth-order valence-electron chi connectivity index (χ4n) is 2.28. The van der Waals surface area contributed by atoms with E-state index in [-0.39, 0.29) is 0 Å². The van der Waals surface area contributed by atoms with Crippen LogP contribution in [0.3, 0.4) is 0 Å². The Morgan fingerprint density at radius 1 is 1.44 bits per heavy atom. The third-order valence-corrected chi connectivity index (χ3v) is 4.57. The molecule has 2 rings (SSSR count). The summed E-state index contributed by atoms with van der Waals surface area (Å²) in [5, 5.41) is 4.66. The molecule has 1 aliphatic rings. The first-order valence-electron chi connectivity index (χ1n) is 7.08. The molecule has 0 spiro atoms. The SMILES string of the molecule is CC1CCCN(c2ncc(CNC(C)C)s2)CC1. The lowest BCUT2D eigenvalue weighted by molar-refractivity contribution is 0.521. The Bertz CT molecular complexity index is 362. The van der Waals surface area contributed by atoms with E-state index < -0.39 is 0 Å². The van der Waals surface area contributed by atoms with Gasteiger partial charge in [0.2, 0.25) is 0 Å². The van der Waals surface area contributed by atoms with Crippen LogP contribution in [0, 0.1) is 5.92 Å². The third-order valence-electron chi connectivity index (χ3n) is 3.51. The Labute approximate surface area is 115 Å². The number of anilines is 1. The zero-order chi connectivity index (χ0) is 13.0. The largest absolute Gasteiger partial charge is 0.348 e. The van der Waals surface area contributed by atoms with Crippen LogP contribution in [0.25, 0.3) is 0 Å². The molecule has 0 bridgehead atoms. The van der Waals surface area contributed by atoms with Gasteiger partial charge in [0.15, 0.2) is 5.13 Å². The summed E-state index contributed by atoms with van der Waals surface area (Å²) in [6, 6.07) is 0.537. The normalized spacial score (nSPS) is 21.3. The fourth-order valence-corrected chi connectivity index (χ4v) is 3.20. The zero-order valence-electron chi connectivity index (χ0n) is 11.8. The van der Waals surface area contributed by atoms with Gasteiger partial charge >= 0.3 is 0 Å². The van der Waals surface area contributed by atoms with Crippen LogP contribution >= 0.6 is 11.3 Å². The number of aromatic nitrogens is 1. The molecule has 1 atom stereocenters. The third kappa shape index (κ3) is 3.95. The van der Waals surface area contributed by atoms with Gasteiger partial charge < -0.3 is 10.2 Å². The molecule has 1 aromatic heterocycles. The lowest BCUT2D eigenvalue weighted by Gasteiger charge is -2.18. The van der Waals surface area contributed by atoms with E-state index in [0.717, 1.165) is 12.5 Å². The molecule has 0 radical (unpaired) electrons. The van der Waals surface area contributed by atoms with Crippen LogP contribution in [0.5, 0.6) is 0 Å². The van der Waals surface area contributed by atoms with Crippen LogP contribution < -0.4 is 10.2 Å². The van der Waals surface area contributed by atoms with Crippen molar-refractivity contribution in [2.75, 3.05) is 18.0 Å². The minimum atomic E-state index is 0.537. The maximum absolute atomic E-state index is 4.59. The molecular formula is C14H25N3S. The van der Waals surface area contributed by atoms with Crippen molar-refractivity contribution in [1.29, 1.82) is 0 Å². The van der Waals surface area contributed by atoms with Crippen LogP contribution in [-0.4, -0.2) is 24.1 Å². The summed E-state index contributed by atoms with van der Waals surface area (Å²) in [6.07, 6.45) is 6.01. The van der Waals surface area contributed by atoms with Gasteiger partial charge in [0.1, 0.15) is 0 Å². The first kappa shape index (κ1) is 13.8. The molecule has 0 saturated carbocycles. The van der Waals surface area contributed by atoms with Gasteiger partial charge in [-0.1, -0.05) is 20.8 Å². The molecule has 2 heterocycles. The highest BCUT2D eigenvalue weighted by molar-refractivity contribution is 7.15. The van der Waals surface area contributed by atoms with E-state index in [2.05, 4.69) is 36.0 Å². The predicted molar refractivity (Wildman–Crippen MR) is 79.3 cm³/mol. The van der Waals surface area contributed by atoms with Crippen molar-refractivity contribution in [3.63, 3.8) is 0 Å². The molecule has 1 N–H and O–H groups in total. The molecule has 1 saturated heterocycles. The number of hydrogen-bond acceptors (Lipinski definition) is 4. The van der Waals surface area contributed by atoms with Crippen molar-refractivity contribution in [3.8, 4) is 0 Å². The Kier molecular flexibility index (Phi) is 5.01. The zero-order valence-corrected chi connectivity index (χ0v) is 12.6. The molecule has 1 aliphatic heterocycles. The maximum Gasteiger partial charge on any atom is 0.185 e. The van der Waals surface area contributed by atoms with E-state index in [1.807, 2.05) is 17.5 Å². The van der Waals surface area contributed by atoms with Crippen molar-refractivity contribution in [1.82, 2.24) is 10.3 Å². The van der Waals surface area contributed by atoms with Crippen molar-refractivity contribution in [2.45, 2.75) is 52.6 Å². The summed E-state index contributed by atoms with van der Waals surface area (Å²) in [6.45, 7) is 10.0. The second kappa shape index (κ2) is 6.53. The monoisotopic (exact) mass is 267 g/mol. The minimum absolute atomic E-state index is 0.537. The Balaban J connectivity index is 1.92. The van der Waals surface area contributed by atoms with Crippen LogP contribution in [0.15, 0.2) is 6.20 Å². The van der Waals surface area contributed by atoms with E-state index in [0.29, 0.717) is 6.04 Å². The van der Waals surface area contributed by atoms with Gasteiger partial charge in [-0.15, -0.1) is 11.3 Å². The van der Waals surface area contributed by atoms with E-state index in [9.17, 15) is 0 Å². The fraction of sp³-hybridized carbons (Fsp3) is 0.786. The summed E-state index contributed by atoms with van der Waals surface area (Å²) < 4.78 is 0. The molecular weight excluding hydrogens is 242 g/mol. The maximum atomic E-state index is 4.59. The standard InChI is InChI=1S/C14H25N3S/c1-11(2)15-9-13-10-16-14(18-13)17-7-4-5-12(3)6-8-17/h10-12,15H,4-9H2,1-3H3. The van der Waals surface area contributed by atoms with Crippen LogP contribution in [-0.2, 0) is 6.54 Å². The second-order valence-electron chi connectivity index (χ2n) is 5.67. The number of rotatable bonds is 4. The lowest BCUT2D eigenvalue weighted by atomic mass is 10.0. The summed E-state index contributed by atoms with van der Waals surface area (Å²) in [7, 11) is 0. The Morgan fingerprint density at radius 2 is 2.28 bits per heavy atom. The average molecular weight is 267 g/mol. The highest BCUT2D eigenvalue weighted by Gasteiger charge is 2.16. The molecule has 18 heavy (non-hydrogen) atoms. The minimum Gasteiger partial charge on any atom is -0.348 e. The van der Waals surface area contributed by atoms with Gasteiger partial charge in [0.05, 0.1) is 0 Å². The molecule has 4 heteroatoms. The highest BCUT2D eigenvalue weighted by Crippen LogP contribution is 2.26. The number of nitrogens with one attached hydrogen (secondary N) is 1. The van der Waals surface area contributed by atoms with Gasteiger partial charge in [-0.25, -0.2) is 4.98 Å². The second-order valence-corrected chi connectivity index (χ2v) is 6.76. The molecule has 0 aliphatic carbocycles. The smallest absolute Gasteiger partial charge is 0.185 e. The number of nitrogens with zero attached hydrogens (tertiary/aromatic N) is 2. The van der Waals surface area contributed by atoms with E-state index in [1.54, 1.807) is 0 Å². The van der Waals surface area contributed by atoms with Crippen molar-refractivity contribution >= 4 is 16.5 Å². The first-order valence-corrected chi connectivity index (χ1v) is 7.90. The quantitative estimate of drug-likeness (QED) is 0.907. The molecule has 1 aromatic rings. The van der Waals surface area contributed by atoms with Gasteiger partial charge in [-0.05, 0) is 25.2 Å². The molecule has 0 amide bonds. The lowest BCUT2D eigenvalue weighted by Crippen LogP contribution is -2.23. The molecule has 102 valence electrons. The van der Waals surface area contributed by atoms with E-state index in [4.69, 9.17) is 0 Å². The molecule has 0 aromatic carbocycles. The van der Waals surface area contributed by atoms with Crippen LogP contribution in [0.4, 0.5) is 5.13 Å². The molecule has 1 fully saturated rings. The van der Waals surface area contributed by atoms with E-state index >= 15 is 0 Å². The van der Waals surface area contributed by atoms with Gasteiger partial charge in [-0.2, -0.15) is 0 Å². The van der Waals surface area contributed by atoms with Crippen molar-refractivity contribution < 1.29 is 0 Å². The van der Waals surface area contributed by atoms with Gasteiger partial charge in [0, 0.05) is 36.8 Å². The Morgan fingerprint density at radius 3 is 3.06 bits per heavy atom. The highest BCUT2D eigenvalue weighted by atomic mass is 32.1. The molecule has 1 unspecified atom stereocenters. The average Bonchev–Trinajstić information content (AvgIpc) is 2.69. The predicted octanol–water partition coefficient (Wildman–Crippen LogP) is 3.27. The van der Waals surface area contributed by atoms with Gasteiger partial charge in [0.25, 0.3) is 0 Å². The van der Waals surface area contributed by atoms with Gasteiger partial charge in [-0.3, -0.25) is 0 Å². The van der Waals surface area contributed by atoms with Crippen LogP contribution in [0.2, 0.25) is 0 Å². The first-order chi connectivity index (χ1) is 8.65. The summed E-state index contributed by atoms with van der Waals surface area (Å²) in [5.74, 6) is 0.872. The number of thiazole rings is 1. The number of hydrogen-bond donors (Lipinski definition) is 1. The van der Waals surface area contributed by atoms with Crippen molar-refractivity contribution in [2.24, 2.45) is 5.92 Å². The van der Waals surface area contributed by atoms with Crippen LogP contribution in [0.1, 0.15) is 44.9 Å². The Hall–Kier alpha value is -0.610. The molecule has 3 nitrogen and oxygen atoms in total.